The molecule has 0 bridgehead atoms. The van der Waals surface area contributed by atoms with Crippen LogP contribution in [0.15, 0.2) is 6.07 Å². The van der Waals surface area contributed by atoms with Crippen LogP contribution in [0.4, 0.5) is 11.6 Å². The Hall–Kier alpha value is -1.32. The average Bonchev–Trinajstić information content (AvgIpc) is 3.27. The summed E-state index contributed by atoms with van der Waals surface area (Å²) in [6.45, 7) is 3.34. The molecule has 0 unspecified atom stereocenters. The maximum absolute atomic E-state index is 4.80. The van der Waals surface area contributed by atoms with E-state index in [4.69, 9.17) is 4.98 Å². The summed E-state index contributed by atoms with van der Waals surface area (Å²) in [5.74, 6) is 3.74. The van der Waals surface area contributed by atoms with Gasteiger partial charge < -0.3 is 10.2 Å². The first kappa shape index (κ1) is 11.8. The summed E-state index contributed by atoms with van der Waals surface area (Å²) >= 11 is 0. The Morgan fingerprint density at radius 3 is 2.61 bits per heavy atom. The van der Waals surface area contributed by atoms with Gasteiger partial charge in [0.25, 0.3) is 0 Å². The molecule has 2 saturated carbocycles. The summed E-state index contributed by atoms with van der Waals surface area (Å²) in [6, 6.07) is 2.82. The summed E-state index contributed by atoms with van der Waals surface area (Å²) in [7, 11) is 1.93. The lowest BCUT2D eigenvalue weighted by Gasteiger charge is -2.23. The molecule has 1 heterocycles. The predicted molar refractivity (Wildman–Crippen MR) is 74.2 cm³/mol. The SMILES string of the molecule is CCCN(c1cc(NC)nc(C2CC2)n1)C1CC1. The molecule has 3 rings (SSSR count). The molecule has 18 heavy (non-hydrogen) atoms. The van der Waals surface area contributed by atoms with Gasteiger partial charge in [-0.3, -0.25) is 0 Å². The molecule has 0 aromatic carbocycles. The van der Waals surface area contributed by atoms with Crippen LogP contribution in [0.25, 0.3) is 0 Å². The van der Waals surface area contributed by atoms with Crippen LogP contribution in [-0.2, 0) is 0 Å². The molecule has 4 nitrogen and oxygen atoms in total. The van der Waals surface area contributed by atoms with Gasteiger partial charge in [0.15, 0.2) is 0 Å². The first-order chi connectivity index (χ1) is 8.81. The van der Waals surface area contributed by atoms with Gasteiger partial charge in [0.2, 0.25) is 0 Å². The van der Waals surface area contributed by atoms with Crippen molar-refractivity contribution in [1.29, 1.82) is 0 Å². The lowest BCUT2D eigenvalue weighted by atomic mass is 10.3. The summed E-state index contributed by atoms with van der Waals surface area (Å²) in [5.41, 5.74) is 0. The molecule has 0 radical (unpaired) electrons. The van der Waals surface area contributed by atoms with E-state index in [1.807, 2.05) is 7.05 Å². The van der Waals surface area contributed by atoms with Crippen molar-refractivity contribution in [3.8, 4) is 0 Å². The first-order valence-corrected chi connectivity index (χ1v) is 7.15. The molecule has 1 aromatic rings. The van der Waals surface area contributed by atoms with Gasteiger partial charge in [-0.2, -0.15) is 0 Å². The van der Waals surface area contributed by atoms with E-state index >= 15 is 0 Å². The Morgan fingerprint density at radius 1 is 1.28 bits per heavy atom. The van der Waals surface area contributed by atoms with Crippen LogP contribution in [0.5, 0.6) is 0 Å². The molecule has 1 N–H and O–H groups in total. The number of anilines is 2. The van der Waals surface area contributed by atoms with Gasteiger partial charge in [0.1, 0.15) is 17.5 Å². The van der Waals surface area contributed by atoms with E-state index in [0.29, 0.717) is 5.92 Å². The molecule has 0 saturated heterocycles. The number of nitrogens with one attached hydrogen (secondary N) is 1. The topological polar surface area (TPSA) is 41.0 Å². The number of nitrogens with zero attached hydrogens (tertiary/aromatic N) is 3. The highest BCUT2D eigenvalue weighted by Gasteiger charge is 2.32. The third-order valence-electron chi connectivity index (χ3n) is 3.67. The Kier molecular flexibility index (Phi) is 3.10. The van der Waals surface area contributed by atoms with Crippen molar-refractivity contribution >= 4 is 11.6 Å². The normalized spacial score (nSPS) is 18.8. The highest BCUT2D eigenvalue weighted by Crippen LogP contribution is 2.40. The lowest BCUT2D eigenvalue weighted by Crippen LogP contribution is -2.28. The third-order valence-corrected chi connectivity index (χ3v) is 3.67. The zero-order valence-corrected chi connectivity index (χ0v) is 11.3. The number of aromatic nitrogens is 2. The smallest absolute Gasteiger partial charge is 0.136 e. The number of hydrogen-bond donors (Lipinski definition) is 1. The average molecular weight is 246 g/mol. The molecule has 2 fully saturated rings. The van der Waals surface area contributed by atoms with E-state index in [9.17, 15) is 0 Å². The van der Waals surface area contributed by atoms with E-state index < -0.39 is 0 Å². The minimum Gasteiger partial charge on any atom is -0.373 e. The fourth-order valence-corrected chi connectivity index (χ4v) is 2.36. The second-order valence-corrected chi connectivity index (χ2v) is 5.42. The summed E-state index contributed by atoms with van der Waals surface area (Å²) < 4.78 is 0. The molecule has 1 aromatic heterocycles. The predicted octanol–water partition coefficient (Wildman–Crippen LogP) is 2.77. The third kappa shape index (κ3) is 2.42. The minimum absolute atomic E-state index is 0.611. The largest absolute Gasteiger partial charge is 0.373 e. The lowest BCUT2D eigenvalue weighted by molar-refractivity contribution is 0.741. The van der Waals surface area contributed by atoms with Crippen LogP contribution >= 0.6 is 0 Å². The highest BCUT2D eigenvalue weighted by atomic mass is 15.2. The quantitative estimate of drug-likeness (QED) is 0.838. The standard InChI is InChI=1S/C14H22N4/c1-3-8-18(11-6-7-11)13-9-12(15-2)16-14(17-13)10-4-5-10/h9-11H,3-8H2,1-2H3,(H,15,16,17). The molecule has 2 aliphatic carbocycles. The van der Waals surface area contributed by atoms with Gasteiger partial charge in [-0.05, 0) is 32.1 Å². The molecule has 2 aliphatic rings. The molecule has 0 amide bonds. The second kappa shape index (κ2) is 4.75. The first-order valence-electron chi connectivity index (χ1n) is 7.15. The highest BCUT2D eigenvalue weighted by molar-refractivity contribution is 5.51. The van der Waals surface area contributed by atoms with E-state index in [2.05, 4.69) is 28.2 Å². The Bertz CT molecular complexity index is 424. The van der Waals surface area contributed by atoms with E-state index in [1.165, 1.54) is 32.1 Å². The van der Waals surface area contributed by atoms with Crippen molar-refractivity contribution in [2.24, 2.45) is 0 Å². The zero-order chi connectivity index (χ0) is 12.5. The van der Waals surface area contributed by atoms with Crippen LogP contribution in [-0.4, -0.2) is 29.6 Å². The fourth-order valence-electron chi connectivity index (χ4n) is 2.36. The molecular formula is C14H22N4. The van der Waals surface area contributed by atoms with Gasteiger partial charge in [0.05, 0.1) is 0 Å². The van der Waals surface area contributed by atoms with E-state index in [1.54, 1.807) is 0 Å². The number of hydrogen-bond acceptors (Lipinski definition) is 4. The van der Waals surface area contributed by atoms with Crippen molar-refractivity contribution in [3.63, 3.8) is 0 Å². The van der Waals surface area contributed by atoms with Gasteiger partial charge in [-0.1, -0.05) is 6.92 Å². The Morgan fingerprint density at radius 2 is 2.06 bits per heavy atom. The Balaban J connectivity index is 1.90. The Labute approximate surface area is 109 Å². The van der Waals surface area contributed by atoms with Crippen molar-refractivity contribution in [2.75, 3.05) is 23.8 Å². The van der Waals surface area contributed by atoms with Crippen molar-refractivity contribution < 1.29 is 0 Å². The monoisotopic (exact) mass is 246 g/mol. The van der Waals surface area contributed by atoms with Gasteiger partial charge in [-0.25, -0.2) is 9.97 Å². The van der Waals surface area contributed by atoms with Crippen LogP contribution in [0.1, 0.15) is 50.8 Å². The minimum atomic E-state index is 0.611. The van der Waals surface area contributed by atoms with Crippen molar-refractivity contribution in [3.05, 3.63) is 11.9 Å². The van der Waals surface area contributed by atoms with Gasteiger partial charge >= 0.3 is 0 Å². The van der Waals surface area contributed by atoms with Crippen molar-refractivity contribution in [2.45, 2.75) is 51.0 Å². The molecule has 0 atom stereocenters. The molecule has 98 valence electrons. The van der Waals surface area contributed by atoms with Crippen LogP contribution in [0.3, 0.4) is 0 Å². The summed E-state index contributed by atoms with van der Waals surface area (Å²) in [6.07, 6.45) is 6.32. The second-order valence-electron chi connectivity index (χ2n) is 5.42. The maximum atomic E-state index is 4.80. The summed E-state index contributed by atoms with van der Waals surface area (Å²) in [4.78, 5) is 11.9. The molecule has 0 aliphatic heterocycles. The van der Waals surface area contributed by atoms with Crippen LogP contribution in [0, 0.1) is 0 Å². The zero-order valence-electron chi connectivity index (χ0n) is 11.3. The van der Waals surface area contributed by atoms with Crippen LogP contribution in [0.2, 0.25) is 0 Å². The van der Waals surface area contributed by atoms with Crippen molar-refractivity contribution in [1.82, 2.24) is 9.97 Å². The van der Waals surface area contributed by atoms with E-state index in [0.717, 1.165) is 30.0 Å². The van der Waals surface area contributed by atoms with Gasteiger partial charge in [0, 0.05) is 31.6 Å². The maximum Gasteiger partial charge on any atom is 0.136 e. The molecule has 4 heteroatoms. The summed E-state index contributed by atoms with van der Waals surface area (Å²) in [5, 5.41) is 3.17. The molecule has 0 spiro atoms. The fraction of sp³-hybridized carbons (Fsp3) is 0.714. The number of rotatable bonds is 6. The molecular weight excluding hydrogens is 224 g/mol. The van der Waals surface area contributed by atoms with E-state index in [-0.39, 0.29) is 0 Å². The van der Waals surface area contributed by atoms with Crippen LogP contribution < -0.4 is 10.2 Å². The van der Waals surface area contributed by atoms with Gasteiger partial charge in [-0.15, -0.1) is 0 Å².